The molecule has 2 aromatic heterocycles. The molecule has 0 spiro atoms. The molecule has 0 aromatic carbocycles. The third-order valence-corrected chi connectivity index (χ3v) is 3.81. The third-order valence-electron chi connectivity index (χ3n) is 2.93. The number of hydrogen-bond donors (Lipinski definition) is 2. The monoisotopic (exact) mass is 305 g/mol. The molecule has 0 aliphatic rings. The number of carbonyl (C=O) groups is 1. The number of amides is 1. The topological polar surface area (TPSA) is 79.8 Å². The molecule has 0 bridgehead atoms. The molecule has 0 fully saturated rings. The summed E-state index contributed by atoms with van der Waals surface area (Å²) in [7, 11) is 0. The van der Waals surface area contributed by atoms with Crippen LogP contribution in [0.4, 0.5) is 5.13 Å². The third kappa shape index (κ3) is 4.22. The summed E-state index contributed by atoms with van der Waals surface area (Å²) in [5.74, 6) is -0.218. The SMILES string of the molecule is CCCNc1nnc(C(=O)NCc2ncccc2CC)s1. The van der Waals surface area contributed by atoms with Crippen molar-refractivity contribution < 1.29 is 4.79 Å². The highest BCUT2D eigenvalue weighted by molar-refractivity contribution is 7.17. The van der Waals surface area contributed by atoms with Crippen molar-refractivity contribution >= 4 is 22.4 Å². The molecule has 6 nitrogen and oxygen atoms in total. The number of nitrogens with zero attached hydrogens (tertiary/aromatic N) is 3. The maximum absolute atomic E-state index is 12.0. The van der Waals surface area contributed by atoms with Crippen molar-refractivity contribution in [2.75, 3.05) is 11.9 Å². The van der Waals surface area contributed by atoms with E-state index < -0.39 is 0 Å². The Balaban J connectivity index is 1.93. The molecule has 2 heterocycles. The van der Waals surface area contributed by atoms with E-state index in [0.29, 0.717) is 16.7 Å². The normalized spacial score (nSPS) is 10.4. The Morgan fingerprint density at radius 3 is 2.95 bits per heavy atom. The fourth-order valence-electron chi connectivity index (χ4n) is 1.81. The van der Waals surface area contributed by atoms with E-state index in [1.165, 1.54) is 11.3 Å². The van der Waals surface area contributed by atoms with Gasteiger partial charge in [-0.05, 0) is 24.5 Å². The van der Waals surface area contributed by atoms with Crippen LogP contribution in [0.5, 0.6) is 0 Å². The first kappa shape index (κ1) is 15.4. The van der Waals surface area contributed by atoms with Gasteiger partial charge in [-0.15, -0.1) is 10.2 Å². The van der Waals surface area contributed by atoms with Crippen LogP contribution < -0.4 is 10.6 Å². The summed E-state index contributed by atoms with van der Waals surface area (Å²) in [5, 5.41) is 14.8. The quantitative estimate of drug-likeness (QED) is 0.820. The van der Waals surface area contributed by atoms with Crippen LogP contribution in [0.2, 0.25) is 0 Å². The lowest BCUT2D eigenvalue weighted by atomic mass is 10.1. The van der Waals surface area contributed by atoms with Crippen LogP contribution in [0.1, 0.15) is 41.3 Å². The van der Waals surface area contributed by atoms with Crippen LogP contribution in [0.15, 0.2) is 18.3 Å². The Bertz CT molecular complexity index is 599. The molecule has 112 valence electrons. The number of anilines is 1. The molecule has 21 heavy (non-hydrogen) atoms. The van der Waals surface area contributed by atoms with Gasteiger partial charge in [-0.2, -0.15) is 0 Å². The maximum atomic E-state index is 12.0. The van der Waals surface area contributed by atoms with Gasteiger partial charge in [-0.1, -0.05) is 31.3 Å². The van der Waals surface area contributed by atoms with Gasteiger partial charge in [-0.25, -0.2) is 0 Å². The van der Waals surface area contributed by atoms with E-state index in [-0.39, 0.29) is 5.91 Å². The van der Waals surface area contributed by atoms with Crippen molar-refractivity contribution in [3.63, 3.8) is 0 Å². The Labute approximate surface area is 128 Å². The van der Waals surface area contributed by atoms with Crippen molar-refractivity contribution in [3.8, 4) is 0 Å². The Kier molecular flexibility index (Phi) is 5.62. The number of aromatic nitrogens is 3. The molecule has 0 unspecified atom stereocenters. The summed E-state index contributed by atoms with van der Waals surface area (Å²) in [4.78, 5) is 16.3. The number of carbonyl (C=O) groups excluding carboxylic acids is 1. The molecule has 2 rings (SSSR count). The van der Waals surface area contributed by atoms with Crippen molar-refractivity contribution in [1.82, 2.24) is 20.5 Å². The Hall–Kier alpha value is -2.02. The average molecular weight is 305 g/mol. The second-order valence-electron chi connectivity index (χ2n) is 4.48. The van der Waals surface area contributed by atoms with Gasteiger partial charge >= 0.3 is 0 Å². The zero-order valence-corrected chi connectivity index (χ0v) is 13.0. The Morgan fingerprint density at radius 2 is 2.19 bits per heavy atom. The van der Waals surface area contributed by atoms with Crippen LogP contribution in [0, 0.1) is 0 Å². The first-order valence-electron chi connectivity index (χ1n) is 7.03. The molecule has 7 heteroatoms. The second-order valence-corrected chi connectivity index (χ2v) is 5.46. The number of aryl methyl sites for hydroxylation is 1. The predicted octanol–water partition coefficient (Wildman–Crippen LogP) is 2.25. The van der Waals surface area contributed by atoms with Crippen LogP contribution in [-0.4, -0.2) is 27.6 Å². The molecule has 0 aliphatic carbocycles. The summed E-state index contributed by atoms with van der Waals surface area (Å²) in [6.45, 7) is 5.36. The van der Waals surface area contributed by atoms with Crippen LogP contribution in [-0.2, 0) is 13.0 Å². The van der Waals surface area contributed by atoms with Crippen molar-refractivity contribution in [1.29, 1.82) is 0 Å². The summed E-state index contributed by atoms with van der Waals surface area (Å²) < 4.78 is 0. The minimum absolute atomic E-state index is 0.218. The van der Waals surface area contributed by atoms with Crippen LogP contribution in [0.25, 0.3) is 0 Å². The fourth-order valence-corrected chi connectivity index (χ4v) is 2.50. The summed E-state index contributed by atoms with van der Waals surface area (Å²) in [6.07, 6.45) is 3.63. The molecule has 2 aromatic rings. The standard InChI is InChI=1S/C14H19N5OS/c1-3-7-16-14-19-18-13(21-14)12(20)17-9-11-10(4-2)6-5-8-15-11/h5-6,8H,3-4,7,9H2,1-2H3,(H,16,19)(H,17,20). The van der Waals surface area contributed by atoms with E-state index in [1.54, 1.807) is 6.20 Å². The molecular weight excluding hydrogens is 286 g/mol. The molecule has 1 amide bonds. The van der Waals surface area contributed by atoms with Crippen LogP contribution in [0.3, 0.4) is 0 Å². The first-order valence-corrected chi connectivity index (χ1v) is 7.84. The zero-order valence-electron chi connectivity index (χ0n) is 12.2. The highest BCUT2D eigenvalue weighted by Crippen LogP contribution is 2.15. The summed E-state index contributed by atoms with van der Waals surface area (Å²) >= 11 is 1.26. The molecule has 0 atom stereocenters. The first-order chi connectivity index (χ1) is 10.2. The lowest BCUT2D eigenvalue weighted by molar-refractivity contribution is 0.0949. The van der Waals surface area contributed by atoms with Crippen LogP contribution >= 0.6 is 11.3 Å². The highest BCUT2D eigenvalue weighted by atomic mass is 32.1. The van der Waals surface area contributed by atoms with E-state index in [0.717, 1.165) is 30.6 Å². The van der Waals surface area contributed by atoms with Gasteiger partial charge in [0.25, 0.3) is 5.91 Å². The van der Waals surface area contributed by atoms with Crippen molar-refractivity contribution in [2.24, 2.45) is 0 Å². The van der Waals surface area contributed by atoms with Gasteiger partial charge in [0.05, 0.1) is 12.2 Å². The second kappa shape index (κ2) is 7.68. The largest absolute Gasteiger partial charge is 0.360 e. The van der Waals surface area contributed by atoms with E-state index >= 15 is 0 Å². The minimum Gasteiger partial charge on any atom is -0.360 e. The fraction of sp³-hybridized carbons (Fsp3) is 0.429. The van der Waals surface area contributed by atoms with E-state index in [1.807, 2.05) is 12.1 Å². The van der Waals surface area contributed by atoms with Crippen molar-refractivity contribution in [3.05, 3.63) is 34.6 Å². The molecular formula is C14H19N5OS. The molecule has 0 saturated heterocycles. The van der Waals surface area contributed by atoms with E-state index in [9.17, 15) is 4.79 Å². The number of nitrogens with one attached hydrogen (secondary N) is 2. The predicted molar refractivity (Wildman–Crippen MR) is 83.5 cm³/mol. The summed E-state index contributed by atoms with van der Waals surface area (Å²) in [6, 6.07) is 3.92. The van der Waals surface area contributed by atoms with E-state index in [2.05, 4.69) is 39.7 Å². The Morgan fingerprint density at radius 1 is 1.33 bits per heavy atom. The lowest BCUT2D eigenvalue weighted by Crippen LogP contribution is -2.23. The van der Waals surface area contributed by atoms with Gasteiger partial charge in [0.15, 0.2) is 0 Å². The average Bonchev–Trinajstić information content (AvgIpc) is 2.99. The smallest absolute Gasteiger partial charge is 0.282 e. The van der Waals surface area contributed by atoms with Gasteiger partial charge in [0.1, 0.15) is 0 Å². The maximum Gasteiger partial charge on any atom is 0.282 e. The van der Waals surface area contributed by atoms with E-state index in [4.69, 9.17) is 0 Å². The number of rotatable bonds is 7. The molecule has 0 saturated carbocycles. The number of hydrogen-bond acceptors (Lipinski definition) is 6. The highest BCUT2D eigenvalue weighted by Gasteiger charge is 2.13. The molecule has 2 N–H and O–H groups in total. The molecule has 0 aliphatic heterocycles. The molecule has 0 radical (unpaired) electrons. The minimum atomic E-state index is -0.218. The van der Waals surface area contributed by atoms with Gasteiger partial charge < -0.3 is 10.6 Å². The number of pyridine rings is 1. The van der Waals surface area contributed by atoms with Gasteiger partial charge in [0, 0.05) is 12.7 Å². The van der Waals surface area contributed by atoms with Gasteiger partial charge in [-0.3, -0.25) is 9.78 Å². The summed E-state index contributed by atoms with van der Waals surface area (Å²) in [5.41, 5.74) is 2.03. The lowest BCUT2D eigenvalue weighted by Gasteiger charge is -2.06. The van der Waals surface area contributed by atoms with Gasteiger partial charge in [0.2, 0.25) is 10.1 Å². The zero-order chi connectivity index (χ0) is 15.1. The van der Waals surface area contributed by atoms with Crippen molar-refractivity contribution in [2.45, 2.75) is 33.2 Å².